The van der Waals surface area contributed by atoms with Crippen molar-refractivity contribution in [3.8, 4) is 0 Å². The quantitative estimate of drug-likeness (QED) is 0.755. The average Bonchev–Trinajstić information content (AvgIpc) is 2.92. The minimum atomic E-state index is 0.474. The molecule has 0 saturated carbocycles. The summed E-state index contributed by atoms with van der Waals surface area (Å²) in [7, 11) is 0. The molecule has 1 aromatic heterocycles. The van der Waals surface area contributed by atoms with Crippen LogP contribution < -0.4 is 5.32 Å². The Bertz CT molecular complexity index is 313. The minimum Gasteiger partial charge on any atom is -0.378 e. The van der Waals surface area contributed by atoms with Crippen LogP contribution in [0, 0.1) is 0 Å². The number of rotatable bonds is 7. The average molecular weight is 251 g/mol. The second kappa shape index (κ2) is 7.54. The molecule has 102 valence electrons. The molecular weight excluding hydrogens is 226 g/mol. The van der Waals surface area contributed by atoms with Crippen molar-refractivity contribution in [3.63, 3.8) is 0 Å². The molecule has 0 amide bonds. The lowest BCUT2D eigenvalue weighted by Gasteiger charge is -2.29. The SMILES string of the molecule is CCC1CC(NCCCCn2ccnc2)CCO1. The van der Waals surface area contributed by atoms with Gasteiger partial charge in [0.25, 0.3) is 0 Å². The van der Waals surface area contributed by atoms with Gasteiger partial charge in [0.15, 0.2) is 0 Å². The van der Waals surface area contributed by atoms with Crippen LogP contribution in [0.15, 0.2) is 18.7 Å². The van der Waals surface area contributed by atoms with E-state index in [1.54, 1.807) is 0 Å². The molecule has 1 aliphatic rings. The number of unbranched alkanes of at least 4 members (excludes halogenated alkanes) is 1. The largest absolute Gasteiger partial charge is 0.378 e. The Morgan fingerprint density at radius 3 is 3.17 bits per heavy atom. The van der Waals surface area contributed by atoms with E-state index in [2.05, 4.69) is 21.8 Å². The van der Waals surface area contributed by atoms with Crippen LogP contribution in [0.3, 0.4) is 0 Å². The first-order valence-electron chi connectivity index (χ1n) is 7.19. The third-order valence-electron chi connectivity index (χ3n) is 3.66. The molecule has 1 saturated heterocycles. The van der Waals surface area contributed by atoms with Gasteiger partial charge in [-0.15, -0.1) is 0 Å². The van der Waals surface area contributed by atoms with Crippen molar-refractivity contribution in [2.24, 2.45) is 0 Å². The topological polar surface area (TPSA) is 39.1 Å². The first-order valence-corrected chi connectivity index (χ1v) is 7.19. The Kier molecular flexibility index (Phi) is 5.68. The molecule has 2 rings (SSSR count). The first kappa shape index (κ1) is 13.6. The monoisotopic (exact) mass is 251 g/mol. The number of imidazole rings is 1. The Balaban J connectivity index is 1.52. The van der Waals surface area contributed by atoms with Crippen LogP contribution in [0.2, 0.25) is 0 Å². The Labute approximate surface area is 110 Å². The van der Waals surface area contributed by atoms with Crippen LogP contribution in [0.25, 0.3) is 0 Å². The van der Waals surface area contributed by atoms with Gasteiger partial charge in [-0.25, -0.2) is 4.98 Å². The number of hydrogen-bond donors (Lipinski definition) is 1. The van der Waals surface area contributed by atoms with Crippen LogP contribution in [-0.4, -0.2) is 34.8 Å². The van der Waals surface area contributed by atoms with Crippen molar-refractivity contribution in [3.05, 3.63) is 18.7 Å². The molecule has 4 heteroatoms. The molecular formula is C14H25N3O. The van der Waals surface area contributed by atoms with Crippen molar-refractivity contribution in [2.45, 2.75) is 57.7 Å². The van der Waals surface area contributed by atoms with E-state index >= 15 is 0 Å². The molecule has 0 aliphatic carbocycles. The van der Waals surface area contributed by atoms with Gasteiger partial charge in [-0.2, -0.15) is 0 Å². The maximum Gasteiger partial charge on any atom is 0.0945 e. The lowest BCUT2D eigenvalue weighted by atomic mass is 10.0. The van der Waals surface area contributed by atoms with Gasteiger partial charge in [-0.3, -0.25) is 0 Å². The number of aryl methyl sites for hydroxylation is 1. The van der Waals surface area contributed by atoms with E-state index in [4.69, 9.17) is 4.74 Å². The lowest BCUT2D eigenvalue weighted by Crippen LogP contribution is -2.39. The Morgan fingerprint density at radius 1 is 1.44 bits per heavy atom. The molecule has 2 unspecified atom stereocenters. The van der Waals surface area contributed by atoms with Gasteiger partial charge in [0.2, 0.25) is 0 Å². The van der Waals surface area contributed by atoms with Crippen molar-refractivity contribution in [1.82, 2.24) is 14.9 Å². The fourth-order valence-corrected chi connectivity index (χ4v) is 2.49. The summed E-state index contributed by atoms with van der Waals surface area (Å²) < 4.78 is 7.82. The summed E-state index contributed by atoms with van der Waals surface area (Å²) in [4.78, 5) is 4.05. The highest BCUT2D eigenvalue weighted by Crippen LogP contribution is 2.16. The highest BCUT2D eigenvalue weighted by molar-refractivity contribution is 4.76. The molecule has 2 atom stereocenters. The van der Waals surface area contributed by atoms with Crippen LogP contribution >= 0.6 is 0 Å². The van der Waals surface area contributed by atoms with Crippen LogP contribution in [0.4, 0.5) is 0 Å². The summed E-state index contributed by atoms with van der Waals surface area (Å²) in [6, 6.07) is 0.664. The molecule has 1 N–H and O–H groups in total. The van der Waals surface area contributed by atoms with E-state index in [0.29, 0.717) is 12.1 Å². The third kappa shape index (κ3) is 4.42. The third-order valence-corrected chi connectivity index (χ3v) is 3.66. The second-order valence-electron chi connectivity index (χ2n) is 5.08. The second-order valence-corrected chi connectivity index (χ2v) is 5.08. The van der Waals surface area contributed by atoms with Gasteiger partial charge in [0, 0.05) is 31.6 Å². The predicted octanol–water partition coefficient (Wildman–Crippen LogP) is 2.21. The molecule has 0 spiro atoms. The smallest absolute Gasteiger partial charge is 0.0945 e. The van der Waals surface area contributed by atoms with E-state index in [1.807, 2.05) is 18.7 Å². The molecule has 1 fully saturated rings. The van der Waals surface area contributed by atoms with Gasteiger partial charge in [0.1, 0.15) is 0 Å². The minimum absolute atomic E-state index is 0.474. The highest BCUT2D eigenvalue weighted by Gasteiger charge is 2.20. The molecule has 0 aromatic carbocycles. The zero-order valence-electron chi connectivity index (χ0n) is 11.3. The number of ether oxygens (including phenoxy) is 1. The summed E-state index contributed by atoms with van der Waals surface area (Å²) in [5.74, 6) is 0. The van der Waals surface area contributed by atoms with Gasteiger partial charge >= 0.3 is 0 Å². The molecule has 4 nitrogen and oxygen atoms in total. The molecule has 0 bridgehead atoms. The molecule has 1 aromatic rings. The normalized spacial score (nSPS) is 24.3. The van der Waals surface area contributed by atoms with Gasteiger partial charge in [0.05, 0.1) is 12.4 Å². The zero-order valence-corrected chi connectivity index (χ0v) is 11.3. The predicted molar refractivity (Wildman–Crippen MR) is 72.5 cm³/mol. The van der Waals surface area contributed by atoms with E-state index in [1.165, 1.54) is 19.3 Å². The maximum atomic E-state index is 5.68. The summed E-state index contributed by atoms with van der Waals surface area (Å²) >= 11 is 0. The van der Waals surface area contributed by atoms with Crippen LogP contribution in [0.5, 0.6) is 0 Å². The molecule has 2 heterocycles. The van der Waals surface area contributed by atoms with Gasteiger partial charge in [-0.1, -0.05) is 6.92 Å². The van der Waals surface area contributed by atoms with E-state index in [0.717, 1.165) is 32.5 Å². The van der Waals surface area contributed by atoms with Crippen molar-refractivity contribution >= 4 is 0 Å². The van der Waals surface area contributed by atoms with Crippen molar-refractivity contribution < 1.29 is 4.74 Å². The molecule has 1 aliphatic heterocycles. The van der Waals surface area contributed by atoms with Gasteiger partial charge < -0.3 is 14.6 Å². The standard InChI is InChI=1S/C14H25N3O/c1-2-14-11-13(5-10-18-14)16-6-3-4-8-17-9-7-15-12-17/h7,9,12-14,16H,2-6,8,10-11H2,1H3. The summed E-state index contributed by atoms with van der Waals surface area (Å²) in [6.45, 7) is 5.33. The highest BCUT2D eigenvalue weighted by atomic mass is 16.5. The maximum absolute atomic E-state index is 5.68. The van der Waals surface area contributed by atoms with Gasteiger partial charge in [-0.05, 0) is 38.6 Å². The summed E-state index contributed by atoms with van der Waals surface area (Å²) in [6.07, 6.45) is 12.1. The number of nitrogens with zero attached hydrogens (tertiary/aromatic N) is 2. The number of nitrogens with one attached hydrogen (secondary N) is 1. The fraction of sp³-hybridized carbons (Fsp3) is 0.786. The van der Waals surface area contributed by atoms with Crippen LogP contribution in [0.1, 0.15) is 39.0 Å². The number of hydrogen-bond acceptors (Lipinski definition) is 3. The van der Waals surface area contributed by atoms with E-state index in [9.17, 15) is 0 Å². The Hall–Kier alpha value is -0.870. The van der Waals surface area contributed by atoms with E-state index < -0.39 is 0 Å². The zero-order chi connectivity index (χ0) is 12.6. The number of aromatic nitrogens is 2. The first-order chi connectivity index (χ1) is 8.88. The van der Waals surface area contributed by atoms with Crippen LogP contribution in [-0.2, 0) is 11.3 Å². The summed E-state index contributed by atoms with van der Waals surface area (Å²) in [5.41, 5.74) is 0. The molecule has 0 radical (unpaired) electrons. The Morgan fingerprint density at radius 2 is 2.39 bits per heavy atom. The fourth-order valence-electron chi connectivity index (χ4n) is 2.49. The van der Waals surface area contributed by atoms with Crippen molar-refractivity contribution in [1.29, 1.82) is 0 Å². The van der Waals surface area contributed by atoms with E-state index in [-0.39, 0.29) is 0 Å². The summed E-state index contributed by atoms with van der Waals surface area (Å²) in [5, 5.41) is 3.66. The lowest BCUT2D eigenvalue weighted by molar-refractivity contribution is -0.00000539. The molecule has 18 heavy (non-hydrogen) atoms. The van der Waals surface area contributed by atoms with Crippen molar-refractivity contribution in [2.75, 3.05) is 13.2 Å².